The highest BCUT2D eigenvalue weighted by molar-refractivity contribution is 5.59. The molecule has 19 heavy (non-hydrogen) atoms. The normalized spacial score (nSPS) is 19.9. The Balaban J connectivity index is 2.45. The van der Waals surface area contributed by atoms with Gasteiger partial charge in [0.2, 0.25) is 0 Å². The first-order valence-electron chi connectivity index (χ1n) is 7.37. The second-order valence-corrected chi connectivity index (χ2v) is 5.82. The number of nitrogens with zero attached hydrogens (tertiary/aromatic N) is 3. The van der Waals surface area contributed by atoms with Gasteiger partial charge in [-0.15, -0.1) is 0 Å². The Hall–Kier alpha value is -1.32. The summed E-state index contributed by atoms with van der Waals surface area (Å²) in [4.78, 5) is 11.9. The van der Waals surface area contributed by atoms with Crippen LogP contribution < -0.4 is 10.2 Å². The molecule has 106 valence electrons. The largest absolute Gasteiger partial charge is 0.373 e. The number of hydrogen-bond acceptors (Lipinski definition) is 4. The van der Waals surface area contributed by atoms with Crippen molar-refractivity contribution in [3.05, 3.63) is 11.4 Å². The molecular weight excluding hydrogens is 236 g/mol. The van der Waals surface area contributed by atoms with Crippen LogP contribution in [0.3, 0.4) is 0 Å². The van der Waals surface area contributed by atoms with Gasteiger partial charge in [-0.25, -0.2) is 9.97 Å². The van der Waals surface area contributed by atoms with Crippen molar-refractivity contribution in [2.75, 3.05) is 23.8 Å². The maximum absolute atomic E-state index is 4.83. The van der Waals surface area contributed by atoms with Crippen LogP contribution >= 0.6 is 0 Å². The van der Waals surface area contributed by atoms with Crippen molar-refractivity contribution in [3.63, 3.8) is 0 Å². The molecule has 1 N–H and O–H groups in total. The van der Waals surface area contributed by atoms with Crippen LogP contribution in [-0.4, -0.2) is 29.6 Å². The number of hydrogen-bond donors (Lipinski definition) is 1. The molecule has 0 saturated carbocycles. The molecule has 0 bridgehead atoms. The standard InChI is InChI=1S/C15H26N4/c1-10(2)13-17-14(16-5)12(4)15(18-13)19-9-7-6-8-11(19)3/h10-11H,6-9H2,1-5H3,(H,16,17,18). The van der Waals surface area contributed by atoms with Gasteiger partial charge in [0.25, 0.3) is 0 Å². The van der Waals surface area contributed by atoms with E-state index in [1.165, 1.54) is 24.8 Å². The Morgan fingerprint density at radius 1 is 1.26 bits per heavy atom. The van der Waals surface area contributed by atoms with E-state index in [1.54, 1.807) is 0 Å². The SMILES string of the molecule is CNc1nc(C(C)C)nc(N2CCCCC2C)c1C. The molecule has 0 aliphatic carbocycles. The maximum atomic E-state index is 4.83. The summed E-state index contributed by atoms with van der Waals surface area (Å²) >= 11 is 0. The van der Waals surface area contributed by atoms with E-state index >= 15 is 0 Å². The quantitative estimate of drug-likeness (QED) is 0.907. The molecule has 1 aromatic heterocycles. The van der Waals surface area contributed by atoms with Gasteiger partial charge >= 0.3 is 0 Å². The van der Waals surface area contributed by atoms with Crippen LogP contribution in [0.1, 0.15) is 57.3 Å². The predicted molar refractivity (Wildman–Crippen MR) is 81.1 cm³/mol. The van der Waals surface area contributed by atoms with Gasteiger partial charge in [0.1, 0.15) is 17.5 Å². The summed E-state index contributed by atoms with van der Waals surface area (Å²) in [5.74, 6) is 3.37. The minimum atomic E-state index is 0.353. The van der Waals surface area contributed by atoms with E-state index in [-0.39, 0.29) is 0 Å². The van der Waals surface area contributed by atoms with E-state index in [1.807, 2.05) is 7.05 Å². The molecule has 0 radical (unpaired) electrons. The fourth-order valence-electron chi connectivity index (χ4n) is 2.72. The molecule has 0 aromatic carbocycles. The topological polar surface area (TPSA) is 41.1 Å². The fourth-order valence-corrected chi connectivity index (χ4v) is 2.72. The first-order valence-corrected chi connectivity index (χ1v) is 7.37. The first kappa shape index (κ1) is 14.1. The average molecular weight is 262 g/mol. The average Bonchev–Trinajstić information content (AvgIpc) is 2.39. The molecule has 1 fully saturated rings. The highest BCUT2D eigenvalue weighted by Gasteiger charge is 2.23. The summed E-state index contributed by atoms with van der Waals surface area (Å²) in [6.07, 6.45) is 3.85. The number of aromatic nitrogens is 2. The summed E-state index contributed by atoms with van der Waals surface area (Å²) in [6, 6.07) is 0.576. The molecule has 1 aliphatic rings. The minimum absolute atomic E-state index is 0.353. The van der Waals surface area contributed by atoms with Gasteiger partial charge in [-0.05, 0) is 33.1 Å². The zero-order chi connectivity index (χ0) is 14.0. The minimum Gasteiger partial charge on any atom is -0.373 e. The van der Waals surface area contributed by atoms with Crippen molar-refractivity contribution < 1.29 is 0 Å². The van der Waals surface area contributed by atoms with E-state index in [0.717, 1.165) is 24.0 Å². The predicted octanol–water partition coefficient (Wildman–Crippen LogP) is 3.33. The van der Waals surface area contributed by atoms with Gasteiger partial charge in [-0.2, -0.15) is 0 Å². The van der Waals surface area contributed by atoms with Gasteiger partial charge in [-0.1, -0.05) is 13.8 Å². The first-order chi connectivity index (χ1) is 9.04. The zero-order valence-electron chi connectivity index (χ0n) is 12.8. The van der Waals surface area contributed by atoms with Crippen molar-refractivity contribution in [1.82, 2.24) is 9.97 Å². The summed E-state index contributed by atoms with van der Waals surface area (Å²) in [5, 5.41) is 3.21. The number of anilines is 2. The van der Waals surface area contributed by atoms with E-state index in [2.05, 4.69) is 42.9 Å². The molecule has 2 heterocycles. The van der Waals surface area contributed by atoms with Crippen LogP contribution in [0.2, 0.25) is 0 Å². The van der Waals surface area contributed by atoms with Crippen LogP contribution in [0.4, 0.5) is 11.6 Å². The lowest BCUT2D eigenvalue weighted by molar-refractivity contribution is 0.479. The molecule has 4 heteroatoms. The van der Waals surface area contributed by atoms with Crippen molar-refractivity contribution in [2.24, 2.45) is 0 Å². The smallest absolute Gasteiger partial charge is 0.137 e. The lowest BCUT2D eigenvalue weighted by atomic mass is 10.0. The van der Waals surface area contributed by atoms with Gasteiger partial charge in [0.15, 0.2) is 0 Å². The Morgan fingerprint density at radius 2 is 2.00 bits per heavy atom. The molecule has 1 unspecified atom stereocenters. The Morgan fingerprint density at radius 3 is 2.58 bits per heavy atom. The molecule has 2 rings (SSSR count). The third kappa shape index (κ3) is 2.82. The Bertz CT molecular complexity index is 442. The molecule has 1 saturated heterocycles. The molecule has 1 aromatic rings. The van der Waals surface area contributed by atoms with E-state index in [0.29, 0.717) is 12.0 Å². The van der Waals surface area contributed by atoms with Crippen molar-refractivity contribution in [1.29, 1.82) is 0 Å². The molecule has 4 nitrogen and oxygen atoms in total. The summed E-state index contributed by atoms with van der Waals surface area (Å²) in [7, 11) is 1.93. The molecular formula is C15H26N4. The number of nitrogens with one attached hydrogen (secondary N) is 1. The number of piperidine rings is 1. The fraction of sp³-hybridized carbons (Fsp3) is 0.733. The monoisotopic (exact) mass is 262 g/mol. The number of rotatable bonds is 3. The second kappa shape index (κ2) is 5.76. The van der Waals surface area contributed by atoms with E-state index < -0.39 is 0 Å². The van der Waals surface area contributed by atoms with Crippen LogP contribution in [0.25, 0.3) is 0 Å². The molecule has 0 amide bonds. The van der Waals surface area contributed by atoms with Crippen LogP contribution in [0.5, 0.6) is 0 Å². The van der Waals surface area contributed by atoms with Gasteiger partial charge in [-0.3, -0.25) is 0 Å². The summed E-state index contributed by atoms with van der Waals surface area (Å²) in [6.45, 7) is 9.82. The van der Waals surface area contributed by atoms with Crippen molar-refractivity contribution in [3.8, 4) is 0 Å². The third-order valence-electron chi connectivity index (χ3n) is 3.97. The second-order valence-electron chi connectivity index (χ2n) is 5.82. The summed E-state index contributed by atoms with van der Waals surface area (Å²) < 4.78 is 0. The molecule has 1 aliphatic heterocycles. The highest BCUT2D eigenvalue weighted by Crippen LogP contribution is 2.30. The van der Waals surface area contributed by atoms with Gasteiger partial charge in [0.05, 0.1) is 0 Å². The molecule has 1 atom stereocenters. The lowest BCUT2D eigenvalue weighted by Crippen LogP contribution is -2.38. The van der Waals surface area contributed by atoms with Crippen molar-refractivity contribution in [2.45, 2.75) is 58.9 Å². The van der Waals surface area contributed by atoms with Crippen LogP contribution in [0, 0.1) is 6.92 Å². The zero-order valence-corrected chi connectivity index (χ0v) is 12.8. The summed E-state index contributed by atoms with van der Waals surface area (Å²) in [5.41, 5.74) is 1.17. The van der Waals surface area contributed by atoms with Gasteiger partial charge < -0.3 is 10.2 Å². The van der Waals surface area contributed by atoms with Crippen LogP contribution in [0.15, 0.2) is 0 Å². The highest BCUT2D eigenvalue weighted by atomic mass is 15.2. The molecule has 0 spiro atoms. The van der Waals surface area contributed by atoms with E-state index in [4.69, 9.17) is 4.98 Å². The van der Waals surface area contributed by atoms with Crippen LogP contribution in [-0.2, 0) is 0 Å². The van der Waals surface area contributed by atoms with E-state index in [9.17, 15) is 0 Å². The van der Waals surface area contributed by atoms with Gasteiger partial charge in [0, 0.05) is 31.1 Å². The maximum Gasteiger partial charge on any atom is 0.137 e. The Labute approximate surface area is 116 Å². The van der Waals surface area contributed by atoms with Crippen molar-refractivity contribution >= 4 is 11.6 Å². The lowest BCUT2D eigenvalue weighted by Gasteiger charge is -2.35. The third-order valence-corrected chi connectivity index (χ3v) is 3.97. The Kier molecular flexibility index (Phi) is 4.27.